The van der Waals surface area contributed by atoms with Crippen molar-refractivity contribution >= 4 is 11.8 Å². The molecule has 1 aliphatic rings. The molecule has 0 bridgehead atoms. The van der Waals surface area contributed by atoms with Crippen molar-refractivity contribution in [3.8, 4) is 0 Å². The normalized spacial score (nSPS) is 17.6. The van der Waals surface area contributed by atoms with Gasteiger partial charge in [0, 0.05) is 13.1 Å². The standard InChI is InChI=1S/C17H25N3O2/c1-13(17(22)20-10-6-3-7-11-20)19-16(21)15(18)12-14-8-4-2-5-9-14/h2,4-5,8-9,13,15H,3,6-7,10-12,18H2,1H3,(H,19,21)/t13?,15-/m0/s1. The molecule has 1 fully saturated rings. The predicted molar refractivity (Wildman–Crippen MR) is 86.2 cm³/mol. The zero-order valence-electron chi connectivity index (χ0n) is 13.1. The molecule has 2 amide bonds. The van der Waals surface area contributed by atoms with Gasteiger partial charge in [0.05, 0.1) is 6.04 Å². The summed E-state index contributed by atoms with van der Waals surface area (Å²) in [5, 5.41) is 2.74. The SMILES string of the molecule is CC(NC(=O)[C@@H](N)Cc1ccccc1)C(=O)N1CCCCC1. The van der Waals surface area contributed by atoms with Crippen molar-refractivity contribution in [2.75, 3.05) is 13.1 Å². The molecule has 0 saturated carbocycles. The third-order valence-corrected chi connectivity index (χ3v) is 4.03. The van der Waals surface area contributed by atoms with E-state index in [-0.39, 0.29) is 11.8 Å². The lowest BCUT2D eigenvalue weighted by atomic mass is 10.1. The van der Waals surface area contributed by atoms with Crippen molar-refractivity contribution in [2.45, 2.75) is 44.7 Å². The number of likely N-dealkylation sites (tertiary alicyclic amines) is 1. The number of rotatable bonds is 5. The van der Waals surface area contributed by atoms with Crippen LogP contribution in [-0.4, -0.2) is 41.9 Å². The van der Waals surface area contributed by atoms with Crippen molar-refractivity contribution in [2.24, 2.45) is 5.73 Å². The third kappa shape index (κ3) is 4.56. The Bertz CT molecular complexity index is 498. The third-order valence-electron chi connectivity index (χ3n) is 4.03. The maximum absolute atomic E-state index is 12.3. The van der Waals surface area contributed by atoms with Gasteiger partial charge in [0.1, 0.15) is 6.04 Å². The second-order valence-electron chi connectivity index (χ2n) is 5.91. The predicted octanol–water partition coefficient (Wildman–Crippen LogP) is 1.07. The summed E-state index contributed by atoms with van der Waals surface area (Å²) < 4.78 is 0. The van der Waals surface area contributed by atoms with Crippen molar-refractivity contribution in [1.82, 2.24) is 10.2 Å². The molecule has 0 aromatic heterocycles. The van der Waals surface area contributed by atoms with E-state index in [1.807, 2.05) is 35.2 Å². The molecule has 2 rings (SSSR count). The van der Waals surface area contributed by atoms with Crippen LogP contribution in [0, 0.1) is 0 Å². The molecule has 1 aromatic carbocycles. The molecule has 5 heteroatoms. The van der Waals surface area contributed by atoms with Crippen LogP contribution in [0.5, 0.6) is 0 Å². The molecule has 0 aliphatic carbocycles. The number of benzene rings is 1. The van der Waals surface area contributed by atoms with E-state index in [1.54, 1.807) is 6.92 Å². The molecule has 1 saturated heterocycles. The van der Waals surface area contributed by atoms with Gasteiger partial charge >= 0.3 is 0 Å². The summed E-state index contributed by atoms with van der Waals surface area (Å²) in [5.41, 5.74) is 6.95. The molecule has 0 radical (unpaired) electrons. The summed E-state index contributed by atoms with van der Waals surface area (Å²) in [5.74, 6) is -0.290. The van der Waals surface area contributed by atoms with Crippen molar-refractivity contribution in [3.63, 3.8) is 0 Å². The largest absolute Gasteiger partial charge is 0.343 e. The van der Waals surface area contributed by atoms with Crippen LogP contribution in [0.3, 0.4) is 0 Å². The monoisotopic (exact) mass is 303 g/mol. The van der Waals surface area contributed by atoms with Crippen molar-refractivity contribution < 1.29 is 9.59 Å². The van der Waals surface area contributed by atoms with Crippen LogP contribution in [0.4, 0.5) is 0 Å². The first-order valence-corrected chi connectivity index (χ1v) is 7.96. The number of carbonyl (C=O) groups is 2. The Balaban J connectivity index is 1.83. The van der Waals surface area contributed by atoms with Gasteiger partial charge in [-0.15, -0.1) is 0 Å². The van der Waals surface area contributed by atoms with Gasteiger partial charge in [-0.3, -0.25) is 9.59 Å². The molecular formula is C17H25N3O2. The average molecular weight is 303 g/mol. The smallest absolute Gasteiger partial charge is 0.244 e. The van der Waals surface area contributed by atoms with Crippen LogP contribution in [0.1, 0.15) is 31.7 Å². The molecule has 3 N–H and O–H groups in total. The Morgan fingerprint density at radius 3 is 2.45 bits per heavy atom. The number of amides is 2. The Morgan fingerprint density at radius 2 is 1.82 bits per heavy atom. The van der Waals surface area contributed by atoms with Crippen LogP contribution >= 0.6 is 0 Å². The molecule has 1 aliphatic heterocycles. The van der Waals surface area contributed by atoms with E-state index < -0.39 is 12.1 Å². The molecule has 0 spiro atoms. The van der Waals surface area contributed by atoms with E-state index in [1.165, 1.54) is 6.42 Å². The van der Waals surface area contributed by atoms with Gasteiger partial charge in [-0.25, -0.2) is 0 Å². The van der Waals surface area contributed by atoms with Crippen LogP contribution in [0.25, 0.3) is 0 Å². The van der Waals surface area contributed by atoms with Crippen LogP contribution in [-0.2, 0) is 16.0 Å². The number of hydrogen-bond acceptors (Lipinski definition) is 3. The Labute approximate surface area is 131 Å². The topological polar surface area (TPSA) is 75.4 Å². The fourth-order valence-corrected chi connectivity index (χ4v) is 2.73. The maximum atomic E-state index is 12.3. The lowest BCUT2D eigenvalue weighted by Crippen LogP contribution is -2.52. The molecule has 120 valence electrons. The van der Waals surface area contributed by atoms with Crippen LogP contribution in [0.15, 0.2) is 30.3 Å². The minimum absolute atomic E-state index is 0.0139. The van der Waals surface area contributed by atoms with Crippen LogP contribution in [0.2, 0.25) is 0 Å². The van der Waals surface area contributed by atoms with E-state index in [0.717, 1.165) is 31.5 Å². The number of hydrogen-bond donors (Lipinski definition) is 2. The Kier molecular flexibility index (Phi) is 5.95. The summed E-state index contributed by atoms with van der Waals surface area (Å²) in [7, 11) is 0. The molecule has 1 unspecified atom stereocenters. The van der Waals surface area contributed by atoms with Gasteiger partial charge < -0.3 is 16.0 Å². The molecule has 1 aromatic rings. The summed E-state index contributed by atoms with van der Waals surface area (Å²) in [4.78, 5) is 26.3. The van der Waals surface area contributed by atoms with Crippen molar-refractivity contribution in [3.05, 3.63) is 35.9 Å². The van der Waals surface area contributed by atoms with Gasteiger partial charge in [-0.1, -0.05) is 30.3 Å². The first-order chi connectivity index (χ1) is 10.6. The molecule has 1 heterocycles. The highest BCUT2D eigenvalue weighted by Gasteiger charge is 2.25. The first-order valence-electron chi connectivity index (χ1n) is 7.96. The summed E-state index contributed by atoms with van der Waals surface area (Å²) in [6, 6.07) is 8.48. The fourth-order valence-electron chi connectivity index (χ4n) is 2.73. The average Bonchev–Trinajstić information content (AvgIpc) is 2.55. The number of piperidine rings is 1. The number of nitrogens with two attached hydrogens (primary N) is 1. The Morgan fingerprint density at radius 1 is 1.18 bits per heavy atom. The molecule has 2 atom stereocenters. The van der Waals surface area contributed by atoms with E-state index in [2.05, 4.69) is 5.32 Å². The van der Waals surface area contributed by atoms with E-state index >= 15 is 0 Å². The molecule has 22 heavy (non-hydrogen) atoms. The number of carbonyl (C=O) groups excluding carboxylic acids is 2. The van der Waals surface area contributed by atoms with Gasteiger partial charge in [0.2, 0.25) is 11.8 Å². The van der Waals surface area contributed by atoms with Crippen LogP contribution < -0.4 is 11.1 Å². The van der Waals surface area contributed by atoms with Gasteiger partial charge in [-0.05, 0) is 38.2 Å². The summed E-state index contributed by atoms with van der Waals surface area (Å²) >= 11 is 0. The minimum atomic E-state index is -0.640. The molecular weight excluding hydrogens is 278 g/mol. The second-order valence-corrected chi connectivity index (χ2v) is 5.91. The highest BCUT2D eigenvalue weighted by Crippen LogP contribution is 2.10. The highest BCUT2D eigenvalue weighted by atomic mass is 16.2. The lowest BCUT2D eigenvalue weighted by molar-refractivity contribution is -0.137. The van der Waals surface area contributed by atoms with E-state index in [9.17, 15) is 9.59 Å². The first kappa shape index (κ1) is 16.5. The highest BCUT2D eigenvalue weighted by molar-refractivity contribution is 5.89. The zero-order valence-corrected chi connectivity index (χ0v) is 13.1. The summed E-state index contributed by atoms with van der Waals surface area (Å²) in [6.45, 7) is 3.30. The minimum Gasteiger partial charge on any atom is -0.343 e. The summed E-state index contributed by atoms with van der Waals surface area (Å²) in [6.07, 6.45) is 3.73. The number of nitrogens with zero attached hydrogens (tertiary/aromatic N) is 1. The van der Waals surface area contributed by atoms with Gasteiger partial charge in [0.15, 0.2) is 0 Å². The second kappa shape index (κ2) is 7.94. The zero-order chi connectivity index (χ0) is 15.9. The van der Waals surface area contributed by atoms with E-state index in [4.69, 9.17) is 5.73 Å². The quantitative estimate of drug-likeness (QED) is 0.854. The Hall–Kier alpha value is -1.88. The maximum Gasteiger partial charge on any atom is 0.244 e. The lowest BCUT2D eigenvalue weighted by Gasteiger charge is -2.29. The van der Waals surface area contributed by atoms with Crippen molar-refractivity contribution in [1.29, 1.82) is 0 Å². The molecule has 5 nitrogen and oxygen atoms in total. The van der Waals surface area contributed by atoms with Gasteiger partial charge in [-0.2, -0.15) is 0 Å². The fraction of sp³-hybridized carbons (Fsp3) is 0.529. The number of nitrogens with one attached hydrogen (secondary N) is 1. The van der Waals surface area contributed by atoms with Gasteiger partial charge in [0.25, 0.3) is 0 Å². The van der Waals surface area contributed by atoms with E-state index in [0.29, 0.717) is 6.42 Å².